The number of halogens is 2. The smallest absolute Gasteiger partial charge is 0.325 e. The normalized spacial score (nSPS) is 10.9. The predicted octanol–water partition coefficient (Wildman–Crippen LogP) is 1.89. The number of rotatable bonds is 6. The third-order valence-corrected chi connectivity index (χ3v) is 3.70. The first-order valence-electron chi connectivity index (χ1n) is 4.55. The summed E-state index contributed by atoms with van der Waals surface area (Å²) in [5.74, 6) is -1.14. The molecule has 0 aromatic carbocycles. The second-order valence-corrected chi connectivity index (χ2v) is 3.91. The Morgan fingerprint density at radius 1 is 1.00 bits per heavy atom. The molecule has 0 fully saturated rings. The molecule has 6 heteroatoms. The maximum atomic E-state index is 11.7. The van der Waals surface area contributed by atoms with Gasteiger partial charge in [0.25, 0.3) is 0 Å². The van der Waals surface area contributed by atoms with E-state index in [1.165, 1.54) is 0 Å². The molecule has 0 aromatic heterocycles. The highest BCUT2D eigenvalue weighted by molar-refractivity contribution is 9.09. The zero-order valence-corrected chi connectivity index (χ0v) is 11.9. The highest BCUT2D eigenvalue weighted by Gasteiger charge is 2.47. The molecule has 0 aliphatic heterocycles. The van der Waals surface area contributed by atoms with Crippen LogP contribution in [0.5, 0.6) is 0 Å². The standard InChI is InChI=1S/C9H14Br2O4/c1-3-14-7(12)9(5-10,6-11)8(13)15-4-2/h3-6H2,1-2H3. The average Bonchev–Trinajstić information content (AvgIpc) is 2.21. The highest BCUT2D eigenvalue weighted by Crippen LogP contribution is 2.27. The summed E-state index contributed by atoms with van der Waals surface area (Å²) in [6, 6.07) is 0. The van der Waals surface area contributed by atoms with Crippen LogP contribution in [0, 0.1) is 5.41 Å². The van der Waals surface area contributed by atoms with Gasteiger partial charge in [-0.05, 0) is 13.8 Å². The molecule has 0 spiro atoms. The Bertz CT molecular complexity index is 206. The van der Waals surface area contributed by atoms with Crippen molar-refractivity contribution in [3.63, 3.8) is 0 Å². The average molecular weight is 346 g/mol. The first-order chi connectivity index (χ1) is 7.08. The highest BCUT2D eigenvalue weighted by atomic mass is 79.9. The molecule has 0 saturated heterocycles. The summed E-state index contributed by atoms with van der Waals surface area (Å²) in [5, 5.41) is 0.339. The summed E-state index contributed by atoms with van der Waals surface area (Å²) in [7, 11) is 0. The Hall–Kier alpha value is -0.100. The number of hydrogen-bond acceptors (Lipinski definition) is 4. The van der Waals surface area contributed by atoms with Gasteiger partial charge in [0.15, 0.2) is 5.41 Å². The van der Waals surface area contributed by atoms with Crippen molar-refractivity contribution < 1.29 is 19.1 Å². The molecule has 0 N–H and O–H groups in total. The van der Waals surface area contributed by atoms with Gasteiger partial charge in [-0.15, -0.1) is 0 Å². The number of alkyl halides is 2. The monoisotopic (exact) mass is 344 g/mol. The second kappa shape index (κ2) is 7.22. The SMILES string of the molecule is CCOC(=O)C(CBr)(CBr)C(=O)OCC. The first kappa shape index (κ1) is 14.9. The fraction of sp³-hybridized carbons (Fsp3) is 0.778. The molecule has 0 rings (SSSR count). The molecule has 0 atom stereocenters. The summed E-state index contributed by atoms with van der Waals surface area (Å²) >= 11 is 6.29. The van der Waals surface area contributed by atoms with E-state index >= 15 is 0 Å². The van der Waals surface area contributed by atoms with Crippen LogP contribution in [0.15, 0.2) is 0 Å². The lowest BCUT2D eigenvalue weighted by Gasteiger charge is -2.24. The Morgan fingerprint density at radius 2 is 1.33 bits per heavy atom. The van der Waals surface area contributed by atoms with Gasteiger partial charge in [-0.25, -0.2) is 0 Å². The van der Waals surface area contributed by atoms with Crippen LogP contribution in [-0.4, -0.2) is 35.8 Å². The van der Waals surface area contributed by atoms with Gasteiger partial charge in [0.05, 0.1) is 13.2 Å². The second-order valence-electron chi connectivity index (χ2n) is 2.79. The predicted molar refractivity (Wildman–Crippen MR) is 63.3 cm³/mol. The van der Waals surface area contributed by atoms with E-state index in [9.17, 15) is 9.59 Å². The van der Waals surface area contributed by atoms with E-state index in [1.807, 2.05) is 0 Å². The van der Waals surface area contributed by atoms with Gasteiger partial charge in [-0.2, -0.15) is 0 Å². The minimum atomic E-state index is -1.29. The molecule has 88 valence electrons. The molecule has 0 amide bonds. The van der Waals surface area contributed by atoms with E-state index in [-0.39, 0.29) is 23.9 Å². The lowest BCUT2D eigenvalue weighted by molar-refractivity contribution is -0.168. The van der Waals surface area contributed by atoms with Gasteiger partial charge in [0.1, 0.15) is 0 Å². The van der Waals surface area contributed by atoms with Crippen LogP contribution in [0.4, 0.5) is 0 Å². The molecule has 0 aliphatic carbocycles. The van der Waals surface area contributed by atoms with Crippen LogP contribution in [0.1, 0.15) is 13.8 Å². The van der Waals surface area contributed by atoms with Gasteiger partial charge in [0, 0.05) is 10.7 Å². The van der Waals surface area contributed by atoms with Crippen LogP contribution < -0.4 is 0 Å². The maximum Gasteiger partial charge on any atom is 0.325 e. The summed E-state index contributed by atoms with van der Waals surface area (Å²) in [4.78, 5) is 23.3. The third kappa shape index (κ3) is 3.45. The fourth-order valence-electron chi connectivity index (χ4n) is 0.876. The van der Waals surface area contributed by atoms with Crippen LogP contribution in [0.3, 0.4) is 0 Å². The van der Waals surface area contributed by atoms with E-state index in [0.717, 1.165) is 0 Å². The minimum Gasteiger partial charge on any atom is -0.465 e. The van der Waals surface area contributed by atoms with E-state index in [0.29, 0.717) is 0 Å². The third-order valence-electron chi connectivity index (χ3n) is 1.79. The number of ether oxygens (including phenoxy) is 2. The van der Waals surface area contributed by atoms with Gasteiger partial charge in [-0.3, -0.25) is 9.59 Å². The van der Waals surface area contributed by atoms with Gasteiger partial charge in [-0.1, -0.05) is 31.9 Å². The van der Waals surface area contributed by atoms with Crippen molar-refractivity contribution in [1.82, 2.24) is 0 Å². The molecular weight excluding hydrogens is 332 g/mol. The van der Waals surface area contributed by atoms with Gasteiger partial charge < -0.3 is 9.47 Å². The quantitative estimate of drug-likeness (QED) is 0.419. The van der Waals surface area contributed by atoms with Gasteiger partial charge >= 0.3 is 11.9 Å². The van der Waals surface area contributed by atoms with Crippen molar-refractivity contribution in [1.29, 1.82) is 0 Å². The van der Waals surface area contributed by atoms with Crippen molar-refractivity contribution in [2.75, 3.05) is 23.9 Å². The van der Waals surface area contributed by atoms with E-state index in [2.05, 4.69) is 31.9 Å². The van der Waals surface area contributed by atoms with Crippen molar-refractivity contribution in [2.24, 2.45) is 5.41 Å². The topological polar surface area (TPSA) is 52.6 Å². The first-order valence-corrected chi connectivity index (χ1v) is 6.79. The van der Waals surface area contributed by atoms with E-state index in [1.54, 1.807) is 13.8 Å². The summed E-state index contributed by atoms with van der Waals surface area (Å²) in [6.45, 7) is 3.85. The summed E-state index contributed by atoms with van der Waals surface area (Å²) in [6.07, 6.45) is 0. The Balaban J connectivity index is 4.86. The molecule has 0 aromatic rings. The van der Waals surface area contributed by atoms with Crippen LogP contribution in [0.25, 0.3) is 0 Å². The number of carbonyl (C=O) groups excluding carboxylic acids is 2. The zero-order valence-electron chi connectivity index (χ0n) is 8.72. The molecule has 4 nitrogen and oxygen atoms in total. The van der Waals surface area contributed by atoms with E-state index < -0.39 is 17.4 Å². The van der Waals surface area contributed by atoms with Crippen molar-refractivity contribution >= 4 is 43.8 Å². The molecular formula is C9H14Br2O4. The Labute approximate surface area is 106 Å². The van der Waals surface area contributed by atoms with Crippen molar-refractivity contribution in [3.05, 3.63) is 0 Å². The summed E-state index contributed by atoms with van der Waals surface area (Å²) < 4.78 is 9.71. The molecule has 15 heavy (non-hydrogen) atoms. The largest absolute Gasteiger partial charge is 0.465 e. The minimum absolute atomic E-state index is 0.170. The molecule has 0 saturated carbocycles. The molecule has 0 unspecified atom stereocenters. The summed E-state index contributed by atoms with van der Waals surface area (Å²) in [5.41, 5.74) is -1.29. The Kier molecular flexibility index (Phi) is 7.17. The number of esters is 2. The van der Waals surface area contributed by atoms with E-state index in [4.69, 9.17) is 9.47 Å². The number of carbonyl (C=O) groups is 2. The lowest BCUT2D eigenvalue weighted by atomic mass is 9.94. The maximum absolute atomic E-state index is 11.7. The number of hydrogen-bond donors (Lipinski definition) is 0. The van der Waals surface area contributed by atoms with Crippen molar-refractivity contribution in [3.8, 4) is 0 Å². The molecule has 0 bridgehead atoms. The lowest BCUT2D eigenvalue weighted by Crippen LogP contribution is -2.45. The molecule has 0 aliphatic rings. The van der Waals surface area contributed by atoms with Crippen molar-refractivity contribution in [2.45, 2.75) is 13.8 Å². The Morgan fingerprint density at radius 3 is 1.53 bits per heavy atom. The van der Waals surface area contributed by atoms with Gasteiger partial charge in [0.2, 0.25) is 0 Å². The zero-order chi connectivity index (χ0) is 11.9. The molecule has 0 radical (unpaired) electrons. The fourth-order valence-corrected chi connectivity index (χ4v) is 2.72. The van der Waals surface area contributed by atoms with Crippen LogP contribution in [-0.2, 0) is 19.1 Å². The van der Waals surface area contributed by atoms with Crippen LogP contribution >= 0.6 is 31.9 Å². The van der Waals surface area contributed by atoms with Crippen LogP contribution in [0.2, 0.25) is 0 Å². The molecule has 0 heterocycles.